The molecule has 2 aliphatic heterocycles. The Morgan fingerprint density at radius 3 is 2.61 bits per heavy atom. The lowest BCUT2D eigenvalue weighted by Crippen LogP contribution is -2.54. The Kier molecular flexibility index (Phi) is 11.0. The fourth-order valence-corrected chi connectivity index (χ4v) is 4.42. The molecule has 0 atom stereocenters. The van der Waals surface area contributed by atoms with Gasteiger partial charge in [-0.1, -0.05) is 12.1 Å². The van der Waals surface area contributed by atoms with E-state index in [0.29, 0.717) is 5.56 Å². The smallest absolute Gasteiger partial charge is 0.251 e. The van der Waals surface area contributed by atoms with Crippen LogP contribution in [0, 0.1) is 0 Å². The van der Waals surface area contributed by atoms with Crippen LogP contribution >= 0.6 is 24.0 Å². The van der Waals surface area contributed by atoms with Crippen LogP contribution in [0.4, 0.5) is 0 Å². The molecule has 0 spiro atoms. The van der Waals surface area contributed by atoms with Gasteiger partial charge in [-0.2, -0.15) is 0 Å². The van der Waals surface area contributed by atoms with Gasteiger partial charge in [0.1, 0.15) is 0 Å². The van der Waals surface area contributed by atoms with Gasteiger partial charge in [0.2, 0.25) is 0 Å². The Morgan fingerprint density at radius 1 is 1.19 bits per heavy atom. The van der Waals surface area contributed by atoms with Gasteiger partial charge >= 0.3 is 0 Å². The van der Waals surface area contributed by atoms with Crippen LogP contribution in [0.25, 0.3) is 0 Å². The maximum atomic E-state index is 11.8. The maximum absolute atomic E-state index is 11.8. The van der Waals surface area contributed by atoms with Crippen molar-refractivity contribution in [2.45, 2.75) is 44.6 Å². The van der Waals surface area contributed by atoms with Gasteiger partial charge in [0, 0.05) is 44.5 Å². The Bertz CT molecular complexity index is 716. The third-order valence-electron chi connectivity index (χ3n) is 6.20. The SMILES string of the molecule is CCNC(=NCC1(N2CCCC2)CCOCC1)NCCc1cccc(C(=O)NC)c1.I. The summed E-state index contributed by atoms with van der Waals surface area (Å²) in [5.41, 5.74) is 1.97. The van der Waals surface area contributed by atoms with Crippen molar-refractivity contribution in [3.05, 3.63) is 35.4 Å². The number of benzene rings is 1. The molecule has 3 N–H and O–H groups in total. The largest absolute Gasteiger partial charge is 0.381 e. The summed E-state index contributed by atoms with van der Waals surface area (Å²) >= 11 is 0. The lowest BCUT2D eigenvalue weighted by atomic mass is 9.88. The van der Waals surface area contributed by atoms with Crippen LogP contribution in [0.5, 0.6) is 0 Å². The molecule has 2 fully saturated rings. The first-order chi connectivity index (χ1) is 14.7. The van der Waals surface area contributed by atoms with E-state index in [4.69, 9.17) is 9.73 Å². The summed E-state index contributed by atoms with van der Waals surface area (Å²) < 4.78 is 5.65. The third-order valence-corrected chi connectivity index (χ3v) is 6.20. The second-order valence-electron chi connectivity index (χ2n) is 8.18. The summed E-state index contributed by atoms with van der Waals surface area (Å²) in [5.74, 6) is 0.813. The number of guanidine groups is 1. The first-order valence-corrected chi connectivity index (χ1v) is 11.3. The number of nitrogens with zero attached hydrogens (tertiary/aromatic N) is 2. The Hall–Kier alpha value is -1.39. The fraction of sp³-hybridized carbons (Fsp3) is 0.652. The van der Waals surface area contributed by atoms with Crippen molar-refractivity contribution in [3.8, 4) is 0 Å². The number of rotatable bonds is 8. The van der Waals surface area contributed by atoms with E-state index < -0.39 is 0 Å². The molecule has 31 heavy (non-hydrogen) atoms. The van der Waals surface area contributed by atoms with Crippen molar-refractivity contribution in [2.24, 2.45) is 4.99 Å². The summed E-state index contributed by atoms with van der Waals surface area (Å²) in [7, 11) is 1.66. The zero-order valence-corrected chi connectivity index (χ0v) is 21.2. The Balaban J connectivity index is 0.00000341. The van der Waals surface area contributed by atoms with Crippen molar-refractivity contribution in [1.29, 1.82) is 0 Å². The lowest BCUT2D eigenvalue weighted by molar-refractivity contribution is -0.0139. The molecular formula is C23H38IN5O2. The van der Waals surface area contributed by atoms with Gasteiger partial charge in [-0.15, -0.1) is 24.0 Å². The molecule has 1 aromatic carbocycles. The van der Waals surface area contributed by atoms with E-state index in [1.165, 1.54) is 25.9 Å². The lowest BCUT2D eigenvalue weighted by Gasteiger charge is -2.43. The highest BCUT2D eigenvalue weighted by molar-refractivity contribution is 14.0. The number of nitrogens with one attached hydrogen (secondary N) is 3. The molecule has 2 aliphatic rings. The first kappa shape index (κ1) is 25.9. The summed E-state index contributed by atoms with van der Waals surface area (Å²) in [6.07, 6.45) is 5.53. The molecule has 0 saturated carbocycles. The van der Waals surface area contributed by atoms with E-state index in [2.05, 4.69) is 33.8 Å². The van der Waals surface area contributed by atoms with Crippen LogP contribution in [0.2, 0.25) is 0 Å². The molecule has 8 heteroatoms. The first-order valence-electron chi connectivity index (χ1n) is 11.3. The second-order valence-corrected chi connectivity index (χ2v) is 8.18. The van der Waals surface area contributed by atoms with Crippen LogP contribution in [0.1, 0.15) is 48.5 Å². The number of aliphatic imine (C=N–C) groups is 1. The average Bonchev–Trinajstić information content (AvgIpc) is 3.33. The van der Waals surface area contributed by atoms with Gasteiger partial charge in [-0.05, 0) is 69.8 Å². The van der Waals surface area contributed by atoms with Crippen molar-refractivity contribution < 1.29 is 9.53 Å². The van der Waals surface area contributed by atoms with Crippen LogP contribution in [-0.2, 0) is 11.2 Å². The number of hydrogen-bond donors (Lipinski definition) is 3. The van der Waals surface area contributed by atoms with Gasteiger partial charge in [0.05, 0.1) is 6.54 Å². The van der Waals surface area contributed by atoms with Gasteiger partial charge < -0.3 is 20.7 Å². The number of likely N-dealkylation sites (tertiary alicyclic amines) is 1. The number of carbonyl (C=O) groups excluding carboxylic acids is 1. The minimum atomic E-state index is -0.0524. The molecule has 2 heterocycles. The topological polar surface area (TPSA) is 78.0 Å². The summed E-state index contributed by atoms with van der Waals surface area (Å²) in [4.78, 5) is 19.5. The summed E-state index contributed by atoms with van der Waals surface area (Å²) in [5, 5.41) is 9.53. The monoisotopic (exact) mass is 543 g/mol. The molecule has 0 bridgehead atoms. The summed E-state index contributed by atoms with van der Waals surface area (Å²) in [6, 6.07) is 7.79. The highest BCUT2D eigenvalue weighted by atomic mass is 127. The predicted octanol–water partition coefficient (Wildman–Crippen LogP) is 2.41. The van der Waals surface area contributed by atoms with Gasteiger partial charge in [-0.3, -0.25) is 14.7 Å². The Morgan fingerprint density at radius 2 is 1.94 bits per heavy atom. The molecule has 0 radical (unpaired) electrons. The number of ether oxygens (including phenoxy) is 1. The molecule has 3 rings (SSSR count). The molecule has 1 amide bonds. The van der Waals surface area contributed by atoms with Crippen LogP contribution < -0.4 is 16.0 Å². The van der Waals surface area contributed by atoms with Crippen molar-refractivity contribution in [3.63, 3.8) is 0 Å². The van der Waals surface area contributed by atoms with Crippen LogP contribution in [0.15, 0.2) is 29.3 Å². The van der Waals surface area contributed by atoms with Gasteiger partial charge in [-0.25, -0.2) is 0 Å². The highest BCUT2D eigenvalue weighted by Gasteiger charge is 2.39. The van der Waals surface area contributed by atoms with E-state index in [1.54, 1.807) is 7.05 Å². The average molecular weight is 543 g/mol. The summed E-state index contributed by atoms with van der Waals surface area (Å²) in [6.45, 7) is 8.52. The molecule has 174 valence electrons. The molecule has 0 unspecified atom stereocenters. The second kappa shape index (κ2) is 13.2. The van der Waals surface area contributed by atoms with Crippen molar-refractivity contribution in [1.82, 2.24) is 20.9 Å². The highest BCUT2D eigenvalue weighted by Crippen LogP contribution is 2.31. The van der Waals surface area contributed by atoms with E-state index in [0.717, 1.165) is 63.6 Å². The zero-order chi connectivity index (χ0) is 21.2. The molecule has 0 aromatic heterocycles. The van der Waals surface area contributed by atoms with Gasteiger partial charge in [0.25, 0.3) is 5.91 Å². The zero-order valence-electron chi connectivity index (χ0n) is 18.9. The third kappa shape index (κ3) is 7.32. The number of hydrogen-bond acceptors (Lipinski definition) is 4. The molecule has 1 aromatic rings. The van der Waals surface area contributed by atoms with Crippen molar-refractivity contribution >= 4 is 35.8 Å². The van der Waals surface area contributed by atoms with Crippen molar-refractivity contribution in [2.75, 3.05) is 53.0 Å². The number of amides is 1. The maximum Gasteiger partial charge on any atom is 0.251 e. The Labute approximate surface area is 203 Å². The molecule has 2 saturated heterocycles. The normalized spacial score (nSPS) is 18.8. The minimum absolute atomic E-state index is 0. The minimum Gasteiger partial charge on any atom is -0.381 e. The van der Waals surface area contributed by atoms with Crippen LogP contribution in [-0.4, -0.2) is 75.3 Å². The number of carbonyl (C=O) groups is 1. The van der Waals surface area contributed by atoms with E-state index in [-0.39, 0.29) is 35.4 Å². The van der Waals surface area contributed by atoms with Crippen LogP contribution in [0.3, 0.4) is 0 Å². The standard InChI is InChI=1S/C23H37N5O2.HI/c1-3-25-22(26-12-9-19-7-6-8-20(17-19)21(29)24-2)27-18-23(10-15-30-16-11-23)28-13-4-5-14-28;/h6-8,17H,3-5,9-16,18H2,1-2H3,(H,24,29)(H2,25,26,27);1H. The van der Waals surface area contributed by atoms with E-state index in [9.17, 15) is 4.79 Å². The predicted molar refractivity (Wildman–Crippen MR) is 137 cm³/mol. The molecular weight excluding hydrogens is 505 g/mol. The van der Waals surface area contributed by atoms with E-state index in [1.807, 2.05) is 18.2 Å². The van der Waals surface area contributed by atoms with E-state index >= 15 is 0 Å². The quantitative estimate of drug-likeness (QED) is 0.267. The fourth-order valence-electron chi connectivity index (χ4n) is 4.42. The molecule has 0 aliphatic carbocycles. The van der Waals surface area contributed by atoms with Gasteiger partial charge in [0.15, 0.2) is 5.96 Å². The number of halogens is 1. The molecule has 7 nitrogen and oxygen atoms in total.